The molecule has 1 aliphatic rings. The van der Waals surface area contributed by atoms with Crippen molar-refractivity contribution in [2.24, 2.45) is 0 Å². The van der Waals surface area contributed by atoms with Gasteiger partial charge in [-0.15, -0.1) is 0 Å². The molecule has 4 atom stereocenters. The van der Waals surface area contributed by atoms with Crippen LogP contribution >= 0.6 is 34.2 Å². The highest BCUT2D eigenvalue weighted by molar-refractivity contribution is 14.1. The van der Waals surface area contributed by atoms with Crippen molar-refractivity contribution in [1.29, 1.82) is 0 Å². The Hall–Kier alpha value is 0.0606. The van der Waals surface area contributed by atoms with Crippen molar-refractivity contribution in [3.8, 4) is 0 Å². The second-order valence-electron chi connectivity index (χ2n) is 15.9. The number of hydrogen-bond acceptors (Lipinski definition) is 7. The molecule has 0 spiro atoms. The Labute approximate surface area is 269 Å². The van der Waals surface area contributed by atoms with Crippen LogP contribution in [0.3, 0.4) is 0 Å². The number of ether oxygens (including phenoxy) is 1. The van der Waals surface area contributed by atoms with Gasteiger partial charge in [0.25, 0.3) is 0 Å². The summed E-state index contributed by atoms with van der Waals surface area (Å²) in [6.45, 7) is 34.5. The quantitative estimate of drug-likeness (QED) is 0.115. The topological polar surface area (TPSA) is 80.5 Å². The molecule has 1 saturated heterocycles. The third-order valence-corrected chi connectivity index (χ3v) is 24.0. The highest BCUT2D eigenvalue weighted by Gasteiger charge is 2.55. The number of fused-ring (bicyclic) bond motifs is 1. The molecule has 0 aromatic carbocycles. The maximum absolute atomic E-state index is 7.25. The zero-order valence-electron chi connectivity index (χ0n) is 27.8. The van der Waals surface area contributed by atoms with Crippen molar-refractivity contribution in [3.05, 3.63) is 15.3 Å². The van der Waals surface area contributed by atoms with Gasteiger partial charge in [-0.3, -0.25) is 4.57 Å². The highest BCUT2D eigenvalue weighted by atomic mass is 127. The predicted molar refractivity (Wildman–Crippen MR) is 184 cm³/mol. The van der Waals surface area contributed by atoms with Crippen molar-refractivity contribution < 1.29 is 18.0 Å². The summed E-state index contributed by atoms with van der Waals surface area (Å²) in [6, 6.07) is 0. The molecule has 2 aromatic rings. The Balaban J connectivity index is 2.18. The Morgan fingerprint density at radius 2 is 1.32 bits per heavy atom. The van der Waals surface area contributed by atoms with E-state index in [0.717, 1.165) is 0 Å². The van der Waals surface area contributed by atoms with Gasteiger partial charge in [0.15, 0.2) is 45.8 Å². The number of aromatic nitrogens is 4. The van der Waals surface area contributed by atoms with E-state index in [0.29, 0.717) is 26.8 Å². The summed E-state index contributed by atoms with van der Waals surface area (Å²) in [4.78, 5) is 13.6. The SMILES string of the molecule is CC(C)(C)[Si](C)(C)OC[C@H]1O[C@@H](n2cnc3c(Cl)nc(I)nc32)[C@H](O[Si](C)(C)C(C)(C)C)[C@@H]1O[Si](C)(C)C(C)(C)C. The molecule has 0 radical (unpaired) electrons. The Morgan fingerprint density at radius 3 is 1.80 bits per heavy atom. The van der Waals surface area contributed by atoms with Gasteiger partial charge in [0.05, 0.1) is 12.9 Å². The lowest BCUT2D eigenvalue weighted by atomic mass is 10.1. The minimum Gasteiger partial charge on any atom is -0.414 e. The van der Waals surface area contributed by atoms with Crippen LogP contribution in [0.1, 0.15) is 68.5 Å². The molecule has 0 saturated carbocycles. The van der Waals surface area contributed by atoms with Gasteiger partial charge >= 0.3 is 0 Å². The lowest BCUT2D eigenvalue weighted by Crippen LogP contribution is -2.54. The fraction of sp³-hybridized carbons (Fsp3) is 0.821. The lowest BCUT2D eigenvalue weighted by Gasteiger charge is -2.44. The standard InChI is InChI=1S/C28H52ClIN4O4Si3/c1-26(2,3)39(10,11)35-16-18-20(37-40(12,13)27(4,5)6)21(38-41(14,15)28(7,8)9)24(36-18)34-17-31-19-22(29)32-25(30)33-23(19)34/h17-18,20-21,24H,16H2,1-15H3/t18-,20-,21-,24-/m1/s1. The molecule has 0 amide bonds. The fourth-order valence-electron chi connectivity index (χ4n) is 3.92. The van der Waals surface area contributed by atoms with Crippen LogP contribution in [0.25, 0.3) is 11.2 Å². The number of imidazole rings is 1. The molecule has 0 unspecified atom stereocenters. The summed E-state index contributed by atoms with van der Waals surface area (Å²) in [5.74, 6) is 0. The van der Waals surface area contributed by atoms with E-state index in [2.05, 4.69) is 134 Å². The molecule has 0 aliphatic carbocycles. The van der Waals surface area contributed by atoms with Crippen molar-refractivity contribution in [2.45, 2.75) is 141 Å². The summed E-state index contributed by atoms with van der Waals surface area (Å²) in [5, 5.41) is 0.399. The highest BCUT2D eigenvalue weighted by Crippen LogP contribution is 2.47. The van der Waals surface area contributed by atoms with Gasteiger partial charge in [0.2, 0.25) is 0 Å². The van der Waals surface area contributed by atoms with Crippen LogP contribution in [-0.2, 0) is 18.0 Å². The van der Waals surface area contributed by atoms with Crippen molar-refractivity contribution >= 4 is 70.3 Å². The molecule has 41 heavy (non-hydrogen) atoms. The van der Waals surface area contributed by atoms with Crippen molar-refractivity contribution in [1.82, 2.24) is 19.5 Å². The van der Waals surface area contributed by atoms with Gasteiger partial charge in [-0.05, 0) is 54.4 Å². The zero-order chi connectivity index (χ0) is 31.6. The molecular formula is C28H52ClIN4O4Si3. The molecule has 1 fully saturated rings. The van der Waals surface area contributed by atoms with E-state index in [9.17, 15) is 0 Å². The van der Waals surface area contributed by atoms with Crippen LogP contribution in [0.5, 0.6) is 0 Å². The van der Waals surface area contributed by atoms with Crippen molar-refractivity contribution in [3.63, 3.8) is 0 Å². The average Bonchev–Trinajstić information content (AvgIpc) is 3.31. The molecule has 3 rings (SSSR count). The minimum absolute atomic E-state index is 0.00728. The first kappa shape index (κ1) is 35.5. The molecule has 3 heterocycles. The number of rotatable bonds is 8. The van der Waals surface area contributed by atoms with Gasteiger partial charge in [0.1, 0.15) is 23.8 Å². The smallest absolute Gasteiger partial charge is 0.194 e. The van der Waals surface area contributed by atoms with Gasteiger partial charge in [-0.2, -0.15) is 0 Å². The lowest BCUT2D eigenvalue weighted by molar-refractivity contribution is -0.0470. The molecule has 13 heteroatoms. The number of hydrogen-bond donors (Lipinski definition) is 0. The van der Waals surface area contributed by atoms with E-state index in [-0.39, 0.29) is 33.4 Å². The largest absolute Gasteiger partial charge is 0.414 e. The monoisotopic (exact) mass is 754 g/mol. The van der Waals surface area contributed by atoms with Crippen LogP contribution in [0, 0.1) is 3.83 Å². The Bertz CT molecular complexity index is 1240. The predicted octanol–water partition coefficient (Wildman–Crippen LogP) is 8.78. The first-order valence-corrected chi connectivity index (χ1v) is 24.7. The van der Waals surface area contributed by atoms with E-state index < -0.39 is 31.2 Å². The summed E-state index contributed by atoms with van der Waals surface area (Å²) in [5.41, 5.74) is 1.17. The third-order valence-electron chi connectivity index (χ3n) is 9.80. The van der Waals surface area contributed by atoms with Gasteiger partial charge < -0.3 is 18.0 Å². The molecule has 8 nitrogen and oxygen atoms in total. The third kappa shape index (κ3) is 7.48. The van der Waals surface area contributed by atoms with E-state index in [4.69, 9.17) is 34.6 Å². The normalized spacial score (nSPS) is 23.5. The summed E-state index contributed by atoms with van der Waals surface area (Å²) < 4.78 is 30.7. The average molecular weight is 755 g/mol. The first-order valence-electron chi connectivity index (χ1n) is 14.5. The summed E-state index contributed by atoms with van der Waals surface area (Å²) in [7, 11) is -6.56. The maximum atomic E-state index is 7.25. The molecule has 0 N–H and O–H groups in total. The second-order valence-corrected chi connectivity index (χ2v) is 31.6. The zero-order valence-corrected chi connectivity index (χ0v) is 33.7. The first-order chi connectivity index (χ1) is 18.3. The van der Waals surface area contributed by atoms with E-state index in [1.165, 1.54) is 0 Å². The second kappa shape index (κ2) is 11.8. The summed E-state index contributed by atoms with van der Waals surface area (Å²) >= 11 is 8.58. The van der Waals surface area contributed by atoms with Crippen LogP contribution in [0.2, 0.25) is 59.5 Å². The number of halogens is 2. The van der Waals surface area contributed by atoms with Crippen molar-refractivity contribution in [2.75, 3.05) is 6.61 Å². The van der Waals surface area contributed by atoms with Crippen LogP contribution < -0.4 is 0 Å². The summed E-state index contributed by atoms with van der Waals surface area (Å²) in [6.07, 6.45) is 0.190. The van der Waals surface area contributed by atoms with E-state index in [1.54, 1.807) is 6.33 Å². The molecule has 1 aliphatic heterocycles. The van der Waals surface area contributed by atoms with Crippen LogP contribution in [-0.4, -0.2) is 69.4 Å². The molecular weight excluding hydrogens is 703 g/mol. The van der Waals surface area contributed by atoms with E-state index >= 15 is 0 Å². The Kier molecular flexibility index (Phi) is 10.2. The van der Waals surface area contributed by atoms with Gasteiger partial charge in [-0.1, -0.05) is 73.9 Å². The number of nitrogens with zero attached hydrogens (tertiary/aromatic N) is 4. The molecule has 2 aromatic heterocycles. The molecule has 0 bridgehead atoms. The minimum atomic E-state index is -2.27. The molecule has 234 valence electrons. The van der Waals surface area contributed by atoms with E-state index in [1.807, 2.05) is 4.57 Å². The maximum Gasteiger partial charge on any atom is 0.194 e. The van der Waals surface area contributed by atoms with Gasteiger partial charge in [-0.25, -0.2) is 15.0 Å². The Morgan fingerprint density at radius 1 is 0.829 bits per heavy atom. The van der Waals surface area contributed by atoms with Crippen LogP contribution in [0.4, 0.5) is 0 Å². The van der Waals surface area contributed by atoms with Gasteiger partial charge in [0, 0.05) is 22.6 Å². The van der Waals surface area contributed by atoms with Crippen LogP contribution in [0.15, 0.2) is 6.33 Å². The fourth-order valence-corrected chi connectivity index (χ4v) is 8.36.